The summed E-state index contributed by atoms with van der Waals surface area (Å²) in [6.07, 6.45) is 1.39. The van der Waals surface area contributed by atoms with Gasteiger partial charge in [-0.1, -0.05) is 35.9 Å². The molecule has 0 aliphatic carbocycles. The smallest absolute Gasteiger partial charge is 0.227 e. The third-order valence-electron chi connectivity index (χ3n) is 5.42. The van der Waals surface area contributed by atoms with Gasteiger partial charge in [0.2, 0.25) is 5.91 Å². The third kappa shape index (κ3) is 3.76. The average molecular weight is 373 g/mol. The average Bonchev–Trinajstić information content (AvgIpc) is 2.55. The van der Waals surface area contributed by atoms with Gasteiger partial charge in [-0.15, -0.1) is 0 Å². The highest BCUT2D eigenvalue weighted by atomic mass is 35.5. The van der Waals surface area contributed by atoms with Crippen LogP contribution in [-0.4, -0.2) is 48.4 Å². The number of carbonyl (C=O) groups is 1. The molecule has 0 N–H and O–H groups in total. The maximum absolute atomic E-state index is 12.9. The number of halogens is 2. The molecule has 2 heterocycles. The van der Waals surface area contributed by atoms with Crippen LogP contribution < -0.4 is 0 Å². The molecule has 0 bridgehead atoms. The van der Waals surface area contributed by atoms with E-state index in [1.54, 1.807) is 0 Å². The van der Waals surface area contributed by atoms with Crippen molar-refractivity contribution in [2.24, 2.45) is 5.41 Å². The summed E-state index contributed by atoms with van der Waals surface area (Å²) < 4.78 is 12.9. The maximum atomic E-state index is 12.9. The minimum Gasteiger partial charge on any atom is -0.341 e. The van der Waals surface area contributed by atoms with E-state index in [1.165, 1.54) is 17.7 Å². The molecular weight excluding hydrogens is 351 g/mol. The molecule has 0 unspecified atom stereocenters. The predicted octanol–water partition coefficient (Wildman–Crippen LogP) is 3.41. The van der Waals surface area contributed by atoms with Crippen LogP contribution in [0.4, 0.5) is 4.39 Å². The standard InChI is InChI=1S/C21H22ClFN2O/c22-18-5-1-17(2-6-18)11-20(26)25-14-21(15-25)12-24(13-21)10-9-16-3-7-19(23)8-4-16/h1-8H,9-15H2. The molecular formula is C21H22ClFN2O. The van der Waals surface area contributed by atoms with Gasteiger partial charge < -0.3 is 9.80 Å². The van der Waals surface area contributed by atoms with Gasteiger partial charge in [-0.3, -0.25) is 4.79 Å². The van der Waals surface area contributed by atoms with Crippen molar-refractivity contribution in [2.75, 3.05) is 32.7 Å². The Morgan fingerprint density at radius 2 is 1.58 bits per heavy atom. The molecule has 0 aromatic heterocycles. The molecule has 136 valence electrons. The van der Waals surface area contributed by atoms with Crippen LogP contribution >= 0.6 is 11.6 Å². The fourth-order valence-corrected chi connectivity index (χ4v) is 4.15. The largest absolute Gasteiger partial charge is 0.341 e. The van der Waals surface area contributed by atoms with E-state index in [9.17, 15) is 9.18 Å². The second-order valence-electron chi connectivity index (χ2n) is 7.64. The van der Waals surface area contributed by atoms with Gasteiger partial charge in [-0.25, -0.2) is 4.39 Å². The van der Waals surface area contributed by atoms with Crippen LogP contribution in [0.5, 0.6) is 0 Å². The van der Waals surface area contributed by atoms with Gasteiger partial charge in [0.05, 0.1) is 6.42 Å². The maximum Gasteiger partial charge on any atom is 0.227 e. The second kappa shape index (κ2) is 7.01. The van der Waals surface area contributed by atoms with Crippen molar-refractivity contribution in [3.8, 4) is 0 Å². The van der Waals surface area contributed by atoms with E-state index in [-0.39, 0.29) is 11.7 Å². The topological polar surface area (TPSA) is 23.6 Å². The Balaban J connectivity index is 1.19. The van der Waals surface area contributed by atoms with Gasteiger partial charge in [0.1, 0.15) is 5.82 Å². The van der Waals surface area contributed by atoms with Crippen LogP contribution in [0, 0.1) is 11.2 Å². The first kappa shape index (κ1) is 17.5. The zero-order valence-electron chi connectivity index (χ0n) is 14.6. The van der Waals surface area contributed by atoms with Crippen LogP contribution in [0.2, 0.25) is 5.02 Å². The van der Waals surface area contributed by atoms with Crippen molar-refractivity contribution in [3.05, 3.63) is 70.5 Å². The van der Waals surface area contributed by atoms with Crippen LogP contribution in [0.25, 0.3) is 0 Å². The molecule has 4 rings (SSSR count). The zero-order chi connectivity index (χ0) is 18.1. The fourth-order valence-electron chi connectivity index (χ4n) is 4.03. The van der Waals surface area contributed by atoms with E-state index < -0.39 is 0 Å². The highest BCUT2D eigenvalue weighted by Crippen LogP contribution is 2.39. The molecule has 2 aliphatic rings. The van der Waals surface area contributed by atoms with E-state index >= 15 is 0 Å². The van der Waals surface area contributed by atoms with Gasteiger partial charge in [0.25, 0.3) is 0 Å². The molecule has 2 aromatic carbocycles. The van der Waals surface area contributed by atoms with E-state index in [2.05, 4.69) is 4.90 Å². The monoisotopic (exact) mass is 372 g/mol. The number of amides is 1. The number of benzene rings is 2. The van der Waals surface area contributed by atoms with Crippen molar-refractivity contribution < 1.29 is 9.18 Å². The van der Waals surface area contributed by atoms with E-state index in [0.717, 1.165) is 44.7 Å². The minimum absolute atomic E-state index is 0.186. The summed E-state index contributed by atoms with van der Waals surface area (Å²) in [6.45, 7) is 4.84. The summed E-state index contributed by atoms with van der Waals surface area (Å²) in [5.41, 5.74) is 2.48. The first-order valence-corrected chi connectivity index (χ1v) is 9.38. The van der Waals surface area contributed by atoms with E-state index in [1.807, 2.05) is 41.3 Å². The minimum atomic E-state index is -0.186. The number of hydrogen-bond donors (Lipinski definition) is 0. The molecule has 2 fully saturated rings. The Labute approximate surface area is 158 Å². The van der Waals surface area contributed by atoms with Crippen LogP contribution in [0.3, 0.4) is 0 Å². The van der Waals surface area contributed by atoms with Gasteiger partial charge in [-0.2, -0.15) is 0 Å². The van der Waals surface area contributed by atoms with Gasteiger partial charge >= 0.3 is 0 Å². The van der Waals surface area contributed by atoms with Crippen molar-refractivity contribution in [3.63, 3.8) is 0 Å². The van der Waals surface area contributed by atoms with E-state index in [0.29, 0.717) is 16.9 Å². The molecule has 1 amide bonds. The van der Waals surface area contributed by atoms with Gasteiger partial charge in [0, 0.05) is 43.2 Å². The lowest BCUT2D eigenvalue weighted by molar-refractivity contribution is -0.158. The van der Waals surface area contributed by atoms with Crippen molar-refractivity contribution in [2.45, 2.75) is 12.8 Å². The van der Waals surface area contributed by atoms with Gasteiger partial charge in [0.15, 0.2) is 0 Å². The van der Waals surface area contributed by atoms with Crippen LogP contribution in [0.1, 0.15) is 11.1 Å². The Morgan fingerprint density at radius 3 is 2.23 bits per heavy atom. The molecule has 2 aromatic rings. The quantitative estimate of drug-likeness (QED) is 0.803. The summed E-state index contributed by atoms with van der Waals surface area (Å²) in [4.78, 5) is 16.8. The number of nitrogens with zero attached hydrogens (tertiary/aromatic N) is 2. The second-order valence-corrected chi connectivity index (χ2v) is 8.08. The Morgan fingerprint density at radius 1 is 0.962 bits per heavy atom. The lowest BCUT2D eigenvalue weighted by Crippen LogP contribution is -2.73. The molecule has 0 radical (unpaired) electrons. The fraction of sp³-hybridized carbons (Fsp3) is 0.381. The summed E-state index contributed by atoms with van der Waals surface area (Å²) in [5, 5.41) is 0.694. The normalized spacial score (nSPS) is 18.5. The molecule has 0 atom stereocenters. The first-order valence-electron chi connectivity index (χ1n) is 9.00. The van der Waals surface area contributed by atoms with Crippen LogP contribution in [-0.2, 0) is 17.6 Å². The zero-order valence-corrected chi connectivity index (χ0v) is 15.4. The Bertz CT molecular complexity index is 777. The van der Waals surface area contributed by atoms with E-state index in [4.69, 9.17) is 11.6 Å². The molecule has 2 saturated heterocycles. The Hall–Kier alpha value is -1.91. The highest BCUT2D eigenvalue weighted by molar-refractivity contribution is 6.30. The summed E-state index contributed by atoms with van der Waals surface area (Å²) in [5.74, 6) is 0.0113. The molecule has 3 nitrogen and oxygen atoms in total. The number of rotatable bonds is 5. The lowest BCUT2D eigenvalue weighted by Gasteiger charge is -2.60. The van der Waals surface area contributed by atoms with Crippen LogP contribution in [0.15, 0.2) is 48.5 Å². The number of likely N-dealkylation sites (tertiary alicyclic amines) is 2. The summed E-state index contributed by atoms with van der Waals surface area (Å²) >= 11 is 5.88. The SMILES string of the molecule is O=C(Cc1ccc(Cl)cc1)N1CC2(CN(CCc3ccc(F)cc3)C2)C1. The summed E-state index contributed by atoms with van der Waals surface area (Å²) in [6, 6.07) is 14.2. The first-order chi connectivity index (χ1) is 12.5. The number of hydrogen-bond acceptors (Lipinski definition) is 2. The Kier molecular flexibility index (Phi) is 4.72. The molecule has 26 heavy (non-hydrogen) atoms. The lowest BCUT2D eigenvalue weighted by atomic mass is 9.72. The number of carbonyl (C=O) groups excluding carboxylic acids is 1. The van der Waals surface area contributed by atoms with Crippen molar-refractivity contribution >= 4 is 17.5 Å². The van der Waals surface area contributed by atoms with Crippen molar-refractivity contribution in [1.29, 1.82) is 0 Å². The molecule has 2 aliphatic heterocycles. The molecule has 1 spiro atoms. The molecule has 0 saturated carbocycles. The highest BCUT2D eigenvalue weighted by Gasteiger charge is 2.52. The predicted molar refractivity (Wildman–Crippen MR) is 101 cm³/mol. The summed E-state index contributed by atoms with van der Waals surface area (Å²) in [7, 11) is 0. The third-order valence-corrected chi connectivity index (χ3v) is 5.67. The molecule has 5 heteroatoms. The van der Waals surface area contributed by atoms with Gasteiger partial charge in [-0.05, 0) is 41.8 Å². The van der Waals surface area contributed by atoms with Crippen molar-refractivity contribution in [1.82, 2.24) is 9.80 Å².